The van der Waals surface area contributed by atoms with Crippen molar-refractivity contribution >= 4 is 39.1 Å². The number of amides is 1. The van der Waals surface area contributed by atoms with Crippen molar-refractivity contribution < 1.29 is 17.6 Å². The minimum atomic E-state index is -3.96. The lowest BCUT2D eigenvalue weighted by Gasteiger charge is -2.17. The maximum absolute atomic E-state index is 12.5. The van der Waals surface area contributed by atoms with E-state index in [1.54, 1.807) is 12.1 Å². The second-order valence-corrected chi connectivity index (χ2v) is 8.72. The highest BCUT2D eigenvalue weighted by Crippen LogP contribution is 2.30. The molecule has 0 saturated heterocycles. The van der Waals surface area contributed by atoms with E-state index in [1.807, 2.05) is 12.1 Å². The Bertz CT molecular complexity index is 1380. The van der Waals surface area contributed by atoms with Crippen LogP contribution in [-0.4, -0.2) is 36.5 Å². The summed E-state index contributed by atoms with van der Waals surface area (Å²) in [6, 6.07) is 11.4. The van der Waals surface area contributed by atoms with Crippen LogP contribution in [0.4, 0.5) is 5.69 Å². The van der Waals surface area contributed by atoms with Gasteiger partial charge < -0.3 is 9.73 Å². The molecule has 0 fully saturated rings. The molecule has 0 radical (unpaired) electrons. The Labute approximate surface area is 181 Å². The van der Waals surface area contributed by atoms with Gasteiger partial charge in [0.25, 0.3) is 15.9 Å². The van der Waals surface area contributed by atoms with Crippen molar-refractivity contribution in [3.05, 3.63) is 63.6 Å². The predicted octanol–water partition coefficient (Wildman–Crippen LogP) is 1.37. The molecule has 160 valence electrons. The molecule has 0 unspecified atom stereocenters. The lowest BCUT2D eigenvalue weighted by atomic mass is 10.0. The van der Waals surface area contributed by atoms with Crippen LogP contribution in [0.5, 0.6) is 0 Å². The van der Waals surface area contributed by atoms with Crippen molar-refractivity contribution in [2.24, 2.45) is 12.0 Å². The van der Waals surface area contributed by atoms with Gasteiger partial charge in [0, 0.05) is 24.2 Å². The first-order chi connectivity index (χ1) is 14.7. The summed E-state index contributed by atoms with van der Waals surface area (Å²) in [6.07, 6.45) is 0.383. The molecule has 0 saturated carbocycles. The standard InChI is InChI=1S/C19H16ClN5O5S/c1-25-19(27)30-18(23-25)13-5-3-2-4-11(13)8-9-21-17(26)16-22-14-7-6-12(20)10-15(14)31(28,29)24-16/h2-7,10H,8-9H2,1H3,(H,21,26)(H,22,24). The lowest BCUT2D eigenvalue weighted by Crippen LogP contribution is -2.44. The van der Waals surface area contributed by atoms with Gasteiger partial charge in [-0.15, -0.1) is 5.10 Å². The van der Waals surface area contributed by atoms with Gasteiger partial charge in [-0.25, -0.2) is 18.2 Å². The van der Waals surface area contributed by atoms with Crippen LogP contribution in [0.15, 0.2) is 61.6 Å². The van der Waals surface area contributed by atoms with Crippen LogP contribution in [0.2, 0.25) is 5.02 Å². The normalized spacial score (nSPS) is 14.3. The fourth-order valence-electron chi connectivity index (χ4n) is 3.01. The molecule has 31 heavy (non-hydrogen) atoms. The summed E-state index contributed by atoms with van der Waals surface area (Å²) in [5, 5.41) is 6.93. The van der Waals surface area contributed by atoms with E-state index in [1.165, 1.54) is 25.2 Å². The minimum absolute atomic E-state index is 0.0951. The highest BCUT2D eigenvalue weighted by molar-refractivity contribution is 7.90. The number of halogens is 1. The van der Waals surface area contributed by atoms with Crippen LogP contribution < -0.4 is 15.8 Å². The van der Waals surface area contributed by atoms with Gasteiger partial charge in [0.05, 0.1) is 5.69 Å². The molecule has 4 rings (SSSR count). The predicted molar refractivity (Wildman–Crippen MR) is 113 cm³/mol. The molecule has 1 aliphatic heterocycles. The number of carbonyl (C=O) groups excluding carboxylic acids is 1. The molecule has 0 bridgehead atoms. The largest absolute Gasteiger partial charge is 0.437 e. The van der Waals surface area contributed by atoms with E-state index in [0.717, 1.165) is 10.2 Å². The number of sulfonamides is 1. The van der Waals surface area contributed by atoms with Gasteiger partial charge in [-0.2, -0.15) is 4.68 Å². The average molecular weight is 462 g/mol. The van der Waals surface area contributed by atoms with Crippen LogP contribution in [-0.2, 0) is 28.3 Å². The minimum Gasteiger partial charge on any atom is -0.388 e. The molecule has 0 spiro atoms. The van der Waals surface area contributed by atoms with Crippen molar-refractivity contribution in [2.45, 2.75) is 11.3 Å². The Hall–Kier alpha value is -3.44. The Morgan fingerprint density at radius 1 is 1.26 bits per heavy atom. The first-order valence-electron chi connectivity index (χ1n) is 9.06. The number of benzene rings is 2. The van der Waals surface area contributed by atoms with Crippen LogP contribution in [0, 0.1) is 0 Å². The molecule has 3 aromatic rings. The molecule has 2 aromatic carbocycles. The van der Waals surface area contributed by atoms with Crippen molar-refractivity contribution in [2.75, 3.05) is 6.54 Å². The van der Waals surface area contributed by atoms with Crippen molar-refractivity contribution in [3.63, 3.8) is 0 Å². The third-order valence-corrected chi connectivity index (χ3v) is 6.11. The molecule has 0 aliphatic carbocycles. The summed E-state index contributed by atoms with van der Waals surface area (Å²) in [5.74, 6) is -1.42. The molecular weight excluding hydrogens is 446 g/mol. The van der Waals surface area contributed by atoms with Gasteiger partial charge in [-0.1, -0.05) is 29.8 Å². The number of hydrogen-bond donors (Lipinski definition) is 2. The number of nitrogens with one attached hydrogen (secondary N) is 2. The van der Waals surface area contributed by atoms with E-state index >= 15 is 0 Å². The van der Waals surface area contributed by atoms with Gasteiger partial charge in [0.1, 0.15) is 4.90 Å². The number of rotatable bonds is 5. The molecular formula is C19H16ClN5O5S. The fourth-order valence-corrected chi connectivity index (χ4v) is 4.43. The quantitative estimate of drug-likeness (QED) is 0.589. The van der Waals surface area contributed by atoms with Crippen molar-refractivity contribution in [3.8, 4) is 11.5 Å². The number of hydrogen-bond acceptors (Lipinski definition) is 7. The maximum Gasteiger partial charge on any atom is 0.437 e. The number of nitrogens with zero attached hydrogens (tertiary/aromatic N) is 3. The van der Waals surface area contributed by atoms with Crippen LogP contribution in [0.3, 0.4) is 0 Å². The van der Waals surface area contributed by atoms with Crippen LogP contribution >= 0.6 is 11.6 Å². The molecule has 1 aliphatic rings. The Morgan fingerprint density at radius 3 is 2.77 bits per heavy atom. The third kappa shape index (κ3) is 4.23. The Balaban J connectivity index is 1.48. The summed E-state index contributed by atoms with van der Waals surface area (Å²) in [4.78, 5) is 28.0. The van der Waals surface area contributed by atoms with Gasteiger partial charge >= 0.3 is 5.76 Å². The second-order valence-electron chi connectivity index (χ2n) is 6.64. The second kappa shape index (κ2) is 8.00. The van der Waals surface area contributed by atoms with E-state index < -0.39 is 21.7 Å². The molecule has 10 nitrogen and oxygen atoms in total. The van der Waals surface area contributed by atoms with Gasteiger partial charge in [0.2, 0.25) is 11.7 Å². The van der Waals surface area contributed by atoms with E-state index in [2.05, 4.69) is 20.1 Å². The Kier molecular flexibility index (Phi) is 5.38. The maximum atomic E-state index is 12.5. The smallest absolute Gasteiger partial charge is 0.388 e. The van der Waals surface area contributed by atoms with Gasteiger partial charge in [-0.05, 0) is 36.2 Å². The molecule has 12 heteroatoms. The number of aliphatic imine (C=N–C) groups is 1. The summed E-state index contributed by atoms with van der Waals surface area (Å²) < 4.78 is 33.2. The third-order valence-electron chi connectivity index (χ3n) is 4.51. The highest BCUT2D eigenvalue weighted by atomic mass is 35.5. The summed E-state index contributed by atoms with van der Waals surface area (Å²) in [7, 11) is -2.48. The zero-order valence-electron chi connectivity index (χ0n) is 16.1. The number of carbonyl (C=O) groups is 1. The SMILES string of the molecule is Cn1nc(-c2ccccc2CCNC(=O)C2=Nc3ccc(Cl)cc3S(=O)(=O)N2)oc1=O. The first kappa shape index (κ1) is 20.8. The molecule has 2 N–H and O–H groups in total. The van der Waals surface area contributed by atoms with Crippen molar-refractivity contribution in [1.29, 1.82) is 0 Å². The zero-order valence-corrected chi connectivity index (χ0v) is 17.7. The topological polar surface area (TPSA) is 136 Å². The number of amidine groups is 1. The van der Waals surface area contributed by atoms with Gasteiger partial charge in [0.15, 0.2) is 0 Å². The molecule has 1 aromatic heterocycles. The van der Waals surface area contributed by atoms with E-state index in [9.17, 15) is 18.0 Å². The van der Waals surface area contributed by atoms with E-state index in [-0.39, 0.29) is 33.9 Å². The van der Waals surface area contributed by atoms with E-state index in [4.69, 9.17) is 16.0 Å². The summed E-state index contributed by atoms with van der Waals surface area (Å²) in [5.41, 5.74) is 1.54. The molecule has 2 heterocycles. The average Bonchev–Trinajstić information content (AvgIpc) is 3.06. The monoisotopic (exact) mass is 461 g/mol. The first-order valence-corrected chi connectivity index (χ1v) is 10.9. The molecule has 1 amide bonds. The molecule has 0 atom stereocenters. The van der Waals surface area contributed by atoms with Crippen LogP contribution in [0.1, 0.15) is 5.56 Å². The number of fused-ring (bicyclic) bond motifs is 1. The summed E-state index contributed by atoms with van der Waals surface area (Å²) in [6.45, 7) is 0.182. The fraction of sp³-hybridized carbons (Fsp3) is 0.158. The van der Waals surface area contributed by atoms with Crippen LogP contribution in [0.25, 0.3) is 11.5 Å². The Morgan fingerprint density at radius 2 is 2.03 bits per heavy atom. The highest BCUT2D eigenvalue weighted by Gasteiger charge is 2.28. The van der Waals surface area contributed by atoms with E-state index in [0.29, 0.717) is 12.0 Å². The number of aryl methyl sites for hydroxylation is 1. The van der Waals surface area contributed by atoms with Gasteiger partial charge in [-0.3, -0.25) is 9.52 Å². The summed E-state index contributed by atoms with van der Waals surface area (Å²) >= 11 is 5.85. The van der Waals surface area contributed by atoms with Crippen molar-refractivity contribution in [1.82, 2.24) is 19.8 Å². The lowest BCUT2D eigenvalue weighted by molar-refractivity contribution is -0.114. The zero-order chi connectivity index (χ0) is 22.2. The number of aromatic nitrogens is 2.